The second kappa shape index (κ2) is 2.33. The maximum atomic E-state index is 6.02. The summed E-state index contributed by atoms with van der Waals surface area (Å²) in [5, 5.41) is 4.19. The Morgan fingerprint density at radius 3 is 2.75 bits per heavy atom. The van der Waals surface area contributed by atoms with Crippen molar-refractivity contribution in [2.45, 2.75) is 31.7 Å². The molecular weight excluding hydrogens is 150 g/mol. The van der Waals surface area contributed by atoms with Gasteiger partial charge in [-0.3, -0.25) is 4.68 Å². The molecule has 1 saturated carbocycles. The molecule has 0 bridgehead atoms. The average molecular weight is 165 g/mol. The fourth-order valence-electron chi connectivity index (χ4n) is 1.43. The highest BCUT2D eigenvalue weighted by Gasteiger charge is 2.38. The van der Waals surface area contributed by atoms with Crippen molar-refractivity contribution in [2.24, 2.45) is 12.8 Å². The number of nitrogens with two attached hydrogens (primary N) is 1. The van der Waals surface area contributed by atoms with Crippen LogP contribution in [0.25, 0.3) is 0 Å². The van der Waals surface area contributed by atoms with Crippen molar-refractivity contribution in [2.75, 3.05) is 0 Å². The van der Waals surface area contributed by atoms with Crippen LogP contribution in [0.3, 0.4) is 0 Å². The standard InChI is InChI=1S/C9H15N3/c1-7-8(6-11-12(7)2)5-9(10)3-4-9/h6H,3-5,10H2,1-2H3. The topological polar surface area (TPSA) is 43.8 Å². The zero-order valence-corrected chi connectivity index (χ0v) is 7.67. The molecular formula is C9H15N3. The van der Waals surface area contributed by atoms with E-state index >= 15 is 0 Å². The van der Waals surface area contributed by atoms with Crippen molar-refractivity contribution in [3.05, 3.63) is 17.5 Å². The minimum atomic E-state index is 0.105. The van der Waals surface area contributed by atoms with E-state index < -0.39 is 0 Å². The molecule has 2 rings (SSSR count). The van der Waals surface area contributed by atoms with Crippen LogP contribution >= 0.6 is 0 Å². The summed E-state index contributed by atoms with van der Waals surface area (Å²) in [6.45, 7) is 2.09. The average Bonchev–Trinajstić information content (AvgIpc) is 2.68. The summed E-state index contributed by atoms with van der Waals surface area (Å²) >= 11 is 0. The van der Waals surface area contributed by atoms with Crippen LogP contribution in [-0.4, -0.2) is 15.3 Å². The number of hydrogen-bond donors (Lipinski definition) is 1. The Labute approximate surface area is 72.6 Å². The number of rotatable bonds is 2. The predicted octanol–water partition coefficient (Wildman–Crippen LogP) is 0.762. The van der Waals surface area contributed by atoms with Crippen LogP contribution in [0.4, 0.5) is 0 Å². The number of nitrogens with zero attached hydrogens (tertiary/aromatic N) is 2. The minimum Gasteiger partial charge on any atom is -0.325 e. The van der Waals surface area contributed by atoms with Crippen molar-refractivity contribution in [1.29, 1.82) is 0 Å². The van der Waals surface area contributed by atoms with Crippen molar-refractivity contribution >= 4 is 0 Å². The maximum Gasteiger partial charge on any atom is 0.0525 e. The minimum absolute atomic E-state index is 0.105. The van der Waals surface area contributed by atoms with E-state index in [0.29, 0.717) is 0 Å². The van der Waals surface area contributed by atoms with Gasteiger partial charge in [-0.15, -0.1) is 0 Å². The Bertz CT molecular complexity index is 297. The Kier molecular flexibility index (Phi) is 1.51. The Hall–Kier alpha value is -0.830. The first-order valence-electron chi connectivity index (χ1n) is 4.37. The summed E-state index contributed by atoms with van der Waals surface area (Å²) in [7, 11) is 1.97. The van der Waals surface area contributed by atoms with E-state index in [0.717, 1.165) is 6.42 Å². The first kappa shape index (κ1) is 7.80. The van der Waals surface area contributed by atoms with E-state index in [4.69, 9.17) is 5.73 Å². The molecule has 0 spiro atoms. The Morgan fingerprint density at radius 2 is 2.33 bits per heavy atom. The molecule has 3 heteroatoms. The Morgan fingerprint density at radius 1 is 1.67 bits per heavy atom. The van der Waals surface area contributed by atoms with Gasteiger partial charge in [0.25, 0.3) is 0 Å². The SMILES string of the molecule is Cc1c(CC2(N)CC2)cnn1C. The molecule has 1 fully saturated rings. The number of hydrogen-bond acceptors (Lipinski definition) is 2. The molecule has 2 N–H and O–H groups in total. The van der Waals surface area contributed by atoms with Crippen LogP contribution in [0.2, 0.25) is 0 Å². The lowest BCUT2D eigenvalue weighted by molar-refractivity contribution is 0.665. The smallest absolute Gasteiger partial charge is 0.0525 e. The normalized spacial score (nSPS) is 19.6. The lowest BCUT2D eigenvalue weighted by Crippen LogP contribution is -2.24. The van der Waals surface area contributed by atoms with Crippen LogP contribution < -0.4 is 5.73 Å². The molecule has 1 aromatic heterocycles. The largest absolute Gasteiger partial charge is 0.325 e. The summed E-state index contributed by atoms with van der Waals surface area (Å²) in [6, 6.07) is 0. The quantitative estimate of drug-likeness (QED) is 0.703. The summed E-state index contributed by atoms with van der Waals surface area (Å²) in [5.74, 6) is 0. The molecule has 66 valence electrons. The summed E-state index contributed by atoms with van der Waals surface area (Å²) in [6.07, 6.45) is 5.26. The fourth-order valence-corrected chi connectivity index (χ4v) is 1.43. The molecule has 0 amide bonds. The fraction of sp³-hybridized carbons (Fsp3) is 0.667. The number of aryl methyl sites for hydroxylation is 1. The lowest BCUT2D eigenvalue weighted by Gasteiger charge is -2.06. The van der Waals surface area contributed by atoms with Gasteiger partial charge in [0.2, 0.25) is 0 Å². The highest BCUT2D eigenvalue weighted by Crippen LogP contribution is 2.35. The molecule has 0 atom stereocenters. The van der Waals surface area contributed by atoms with Crippen LogP contribution in [0.5, 0.6) is 0 Å². The molecule has 1 heterocycles. The van der Waals surface area contributed by atoms with Gasteiger partial charge in [0.1, 0.15) is 0 Å². The van der Waals surface area contributed by atoms with Crippen molar-refractivity contribution in [3.8, 4) is 0 Å². The molecule has 3 nitrogen and oxygen atoms in total. The molecule has 12 heavy (non-hydrogen) atoms. The van der Waals surface area contributed by atoms with Gasteiger partial charge in [-0.2, -0.15) is 5.10 Å². The van der Waals surface area contributed by atoms with Crippen LogP contribution in [0.1, 0.15) is 24.1 Å². The van der Waals surface area contributed by atoms with Gasteiger partial charge in [-0.1, -0.05) is 0 Å². The van der Waals surface area contributed by atoms with Crippen molar-refractivity contribution < 1.29 is 0 Å². The van der Waals surface area contributed by atoms with E-state index in [2.05, 4.69) is 12.0 Å². The molecule has 1 aliphatic carbocycles. The zero-order chi connectivity index (χ0) is 8.77. The van der Waals surface area contributed by atoms with Gasteiger partial charge >= 0.3 is 0 Å². The van der Waals surface area contributed by atoms with Crippen molar-refractivity contribution in [1.82, 2.24) is 9.78 Å². The zero-order valence-electron chi connectivity index (χ0n) is 7.67. The molecule has 0 radical (unpaired) electrons. The van der Waals surface area contributed by atoms with Crippen molar-refractivity contribution in [3.63, 3.8) is 0 Å². The van der Waals surface area contributed by atoms with Gasteiger partial charge < -0.3 is 5.73 Å². The molecule has 0 aliphatic heterocycles. The highest BCUT2D eigenvalue weighted by molar-refractivity contribution is 5.21. The molecule has 1 aliphatic rings. The van der Waals surface area contributed by atoms with E-state index in [1.54, 1.807) is 0 Å². The second-order valence-electron chi connectivity index (χ2n) is 3.92. The third kappa shape index (κ3) is 1.25. The van der Waals surface area contributed by atoms with Gasteiger partial charge in [-0.05, 0) is 31.7 Å². The first-order valence-corrected chi connectivity index (χ1v) is 4.37. The van der Waals surface area contributed by atoms with Crippen LogP contribution in [-0.2, 0) is 13.5 Å². The van der Waals surface area contributed by atoms with Gasteiger partial charge in [0.05, 0.1) is 6.20 Å². The van der Waals surface area contributed by atoms with Gasteiger partial charge in [0, 0.05) is 18.3 Å². The summed E-state index contributed by atoms with van der Waals surface area (Å²) in [5.41, 5.74) is 8.67. The third-order valence-electron chi connectivity index (χ3n) is 2.77. The molecule has 0 unspecified atom stereocenters. The summed E-state index contributed by atoms with van der Waals surface area (Å²) < 4.78 is 1.90. The van der Waals surface area contributed by atoms with E-state index in [1.165, 1.54) is 24.1 Å². The van der Waals surface area contributed by atoms with Gasteiger partial charge in [0.15, 0.2) is 0 Å². The van der Waals surface area contributed by atoms with Crippen LogP contribution in [0.15, 0.2) is 6.20 Å². The van der Waals surface area contributed by atoms with Gasteiger partial charge in [-0.25, -0.2) is 0 Å². The van der Waals surface area contributed by atoms with E-state index in [1.807, 2.05) is 17.9 Å². The van der Waals surface area contributed by atoms with Crippen LogP contribution in [0, 0.1) is 6.92 Å². The lowest BCUT2D eigenvalue weighted by atomic mass is 10.1. The number of aromatic nitrogens is 2. The molecule has 1 aromatic rings. The molecule has 0 aromatic carbocycles. The third-order valence-corrected chi connectivity index (χ3v) is 2.77. The highest BCUT2D eigenvalue weighted by atomic mass is 15.3. The summed E-state index contributed by atoms with van der Waals surface area (Å²) in [4.78, 5) is 0. The predicted molar refractivity (Wildman–Crippen MR) is 47.8 cm³/mol. The van der Waals surface area contributed by atoms with E-state index in [9.17, 15) is 0 Å². The first-order chi connectivity index (χ1) is 5.61. The maximum absolute atomic E-state index is 6.02. The Balaban J connectivity index is 2.17. The van der Waals surface area contributed by atoms with E-state index in [-0.39, 0.29) is 5.54 Å². The molecule has 0 saturated heterocycles. The second-order valence-corrected chi connectivity index (χ2v) is 3.92. The monoisotopic (exact) mass is 165 g/mol.